The Morgan fingerprint density at radius 1 is 1.42 bits per heavy atom. The highest BCUT2D eigenvalue weighted by Crippen LogP contribution is 2.35. The SMILES string of the molecule is CCN(CCO)C(=O)[C@@H]1CCO[C@H]1c1nccn1-c1ccccc1. The Balaban J connectivity index is 1.87. The number of para-hydroxylation sites is 1. The van der Waals surface area contributed by atoms with E-state index in [1.54, 1.807) is 11.1 Å². The fourth-order valence-corrected chi connectivity index (χ4v) is 3.21. The van der Waals surface area contributed by atoms with E-state index in [0.29, 0.717) is 26.1 Å². The lowest BCUT2D eigenvalue weighted by molar-refractivity contribution is -0.137. The highest BCUT2D eigenvalue weighted by atomic mass is 16.5. The van der Waals surface area contributed by atoms with Gasteiger partial charge in [-0.25, -0.2) is 4.98 Å². The van der Waals surface area contributed by atoms with Gasteiger partial charge in [0.2, 0.25) is 5.91 Å². The molecular formula is C18H23N3O3. The molecule has 2 atom stereocenters. The second-order valence-electron chi connectivity index (χ2n) is 5.82. The zero-order chi connectivity index (χ0) is 16.9. The number of ether oxygens (including phenoxy) is 1. The number of hydrogen-bond acceptors (Lipinski definition) is 4. The first kappa shape index (κ1) is 16.7. The van der Waals surface area contributed by atoms with Crippen LogP contribution in [0.5, 0.6) is 0 Å². The summed E-state index contributed by atoms with van der Waals surface area (Å²) in [6, 6.07) is 9.91. The van der Waals surface area contributed by atoms with Crippen molar-refractivity contribution in [1.82, 2.24) is 14.5 Å². The molecule has 6 nitrogen and oxygen atoms in total. The Bertz CT molecular complexity index is 671. The quantitative estimate of drug-likeness (QED) is 0.877. The largest absolute Gasteiger partial charge is 0.395 e. The Labute approximate surface area is 141 Å². The molecule has 1 saturated heterocycles. The van der Waals surface area contributed by atoms with Crippen molar-refractivity contribution in [3.63, 3.8) is 0 Å². The molecule has 24 heavy (non-hydrogen) atoms. The van der Waals surface area contributed by atoms with E-state index >= 15 is 0 Å². The fourth-order valence-electron chi connectivity index (χ4n) is 3.21. The van der Waals surface area contributed by atoms with E-state index in [9.17, 15) is 4.79 Å². The summed E-state index contributed by atoms with van der Waals surface area (Å²) >= 11 is 0. The molecule has 0 unspecified atom stereocenters. The molecule has 1 aromatic carbocycles. The van der Waals surface area contributed by atoms with Crippen LogP contribution in [0.1, 0.15) is 25.3 Å². The van der Waals surface area contributed by atoms with Crippen LogP contribution in [0, 0.1) is 5.92 Å². The maximum atomic E-state index is 12.8. The van der Waals surface area contributed by atoms with Crippen LogP contribution in [0.3, 0.4) is 0 Å². The van der Waals surface area contributed by atoms with Crippen molar-refractivity contribution in [1.29, 1.82) is 0 Å². The van der Waals surface area contributed by atoms with E-state index < -0.39 is 0 Å². The molecule has 0 aliphatic carbocycles. The number of aromatic nitrogens is 2. The van der Waals surface area contributed by atoms with Crippen LogP contribution in [0.2, 0.25) is 0 Å². The molecule has 2 heterocycles. The van der Waals surface area contributed by atoms with Crippen LogP contribution in [0.4, 0.5) is 0 Å². The Kier molecular flexibility index (Phi) is 5.27. The lowest BCUT2D eigenvalue weighted by Gasteiger charge is -2.26. The number of imidazole rings is 1. The van der Waals surface area contributed by atoms with Gasteiger partial charge < -0.3 is 19.3 Å². The van der Waals surface area contributed by atoms with Crippen LogP contribution in [0.15, 0.2) is 42.7 Å². The molecule has 1 aliphatic rings. The van der Waals surface area contributed by atoms with E-state index in [1.165, 1.54) is 0 Å². The smallest absolute Gasteiger partial charge is 0.228 e. The molecule has 128 valence electrons. The molecule has 6 heteroatoms. The topological polar surface area (TPSA) is 67.6 Å². The van der Waals surface area contributed by atoms with Gasteiger partial charge in [0.25, 0.3) is 0 Å². The number of rotatable bonds is 6. The second kappa shape index (κ2) is 7.59. The van der Waals surface area contributed by atoms with Crippen molar-refractivity contribution in [3.8, 4) is 5.69 Å². The first-order valence-electron chi connectivity index (χ1n) is 8.36. The minimum Gasteiger partial charge on any atom is -0.395 e. The van der Waals surface area contributed by atoms with Crippen LogP contribution in [-0.2, 0) is 9.53 Å². The average Bonchev–Trinajstić information content (AvgIpc) is 3.28. The van der Waals surface area contributed by atoms with Gasteiger partial charge in [-0.2, -0.15) is 0 Å². The standard InChI is InChI=1S/C18H23N3O3/c1-2-20(11-12-22)18(23)15-8-13-24-16(15)17-19-9-10-21(17)14-6-4-3-5-7-14/h3-7,9-10,15-16,22H,2,8,11-13H2,1H3/t15-,16-/m1/s1. The molecule has 1 aliphatic heterocycles. The van der Waals surface area contributed by atoms with Crippen LogP contribution in [0.25, 0.3) is 5.69 Å². The first-order chi connectivity index (χ1) is 11.8. The predicted molar refractivity (Wildman–Crippen MR) is 89.7 cm³/mol. The predicted octanol–water partition coefficient (Wildman–Crippen LogP) is 1.79. The van der Waals surface area contributed by atoms with E-state index in [1.807, 2.05) is 48.0 Å². The van der Waals surface area contributed by atoms with Crippen LogP contribution < -0.4 is 0 Å². The summed E-state index contributed by atoms with van der Waals surface area (Å²) in [7, 11) is 0. The van der Waals surface area contributed by atoms with Crippen molar-refractivity contribution in [3.05, 3.63) is 48.5 Å². The van der Waals surface area contributed by atoms with Gasteiger partial charge >= 0.3 is 0 Å². The van der Waals surface area contributed by atoms with Crippen molar-refractivity contribution in [2.24, 2.45) is 5.92 Å². The van der Waals surface area contributed by atoms with Crippen molar-refractivity contribution < 1.29 is 14.6 Å². The average molecular weight is 329 g/mol. The second-order valence-corrected chi connectivity index (χ2v) is 5.82. The van der Waals surface area contributed by atoms with Gasteiger partial charge in [0.05, 0.1) is 12.5 Å². The van der Waals surface area contributed by atoms with E-state index in [0.717, 1.165) is 11.5 Å². The van der Waals surface area contributed by atoms with Gasteiger partial charge in [-0.05, 0) is 25.5 Å². The van der Waals surface area contributed by atoms with Gasteiger partial charge in [0.15, 0.2) is 0 Å². The monoisotopic (exact) mass is 329 g/mol. The Hall–Kier alpha value is -2.18. The summed E-state index contributed by atoms with van der Waals surface area (Å²) < 4.78 is 7.84. The number of likely N-dealkylation sites (N-methyl/N-ethyl adjacent to an activating group) is 1. The van der Waals surface area contributed by atoms with Gasteiger partial charge in [0.1, 0.15) is 11.9 Å². The summed E-state index contributed by atoms with van der Waals surface area (Å²) in [5, 5.41) is 9.16. The molecule has 0 spiro atoms. The van der Waals surface area contributed by atoms with Crippen molar-refractivity contribution in [2.45, 2.75) is 19.4 Å². The normalized spacial score (nSPS) is 20.2. The summed E-state index contributed by atoms with van der Waals surface area (Å²) in [6.07, 6.45) is 3.93. The fraction of sp³-hybridized carbons (Fsp3) is 0.444. The summed E-state index contributed by atoms with van der Waals surface area (Å²) in [6.45, 7) is 3.36. The van der Waals surface area contributed by atoms with Gasteiger partial charge in [-0.3, -0.25) is 4.79 Å². The molecule has 0 saturated carbocycles. The third-order valence-electron chi connectivity index (χ3n) is 4.43. The number of carbonyl (C=O) groups is 1. The minimum absolute atomic E-state index is 0.0247. The van der Waals surface area contributed by atoms with Crippen LogP contribution in [-0.4, -0.2) is 51.8 Å². The third kappa shape index (κ3) is 3.20. The summed E-state index contributed by atoms with van der Waals surface area (Å²) in [4.78, 5) is 19.0. The molecular weight excluding hydrogens is 306 g/mol. The highest BCUT2D eigenvalue weighted by molar-refractivity contribution is 5.79. The van der Waals surface area contributed by atoms with Crippen LogP contribution >= 0.6 is 0 Å². The summed E-state index contributed by atoms with van der Waals surface area (Å²) in [5.41, 5.74) is 0.995. The van der Waals surface area contributed by atoms with Crippen molar-refractivity contribution >= 4 is 5.91 Å². The molecule has 1 aromatic heterocycles. The molecule has 0 bridgehead atoms. The number of nitrogens with zero attached hydrogens (tertiary/aromatic N) is 3. The van der Waals surface area contributed by atoms with Crippen molar-refractivity contribution in [2.75, 3.05) is 26.3 Å². The Morgan fingerprint density at radius 2 is 2.21 bits per heavy atom. The number of aliphatic hydroxyl groups excluding tert-OH is 1. The maximum absolute atomic E-state index is 12.8. The molecule has 3 rings (SSSR count). The Morgan fingerprint density at radius 3 is 2.92 bits per heavy atom. The minimum atomic E-state index is -0.361. The zero-order valence-electron chi connectivity index (χ0n) is 13.8. The van der Waals surface area contributed by atoms with Gasteiger partial charge in [-0.15, -0.1) is 0 Å². The number of benzene rings is 1. The third-order valence-corrected chi connectivity index (χ3v) is 4.43. The molecule has 1 N–H and O–H groups in total. The molecule has 0 radical (unpaired) electrons. The number of amides is 1. The van der Waals surface area contributed by atoms with Gasteiger partial charge in [-0.1, -0.05) is 18.2 Å². The lowest BCUT2D eigenvalue weighted by atomic mass is 9.98. The molecule has 1 fully saturated rings. The lowest BCUT2D eigenvalue weighted by Crippen LogP contribution is -2.39. The first-order valence-corrected chi connectivity index (χ1v) is 8.36. The summed E-state index contributed by atoms with van der Waals surface area (Å²) in [5.74, 6) is 0.509. The molecule has 2 aromatic rings. The van der Waals surface area contributed by atoms with E-state index in [2.05, 4.69) is 4.98 Å². The van der Waals surface area contributed by atoms with E-state index in [4.69, 9.17) is 9.84 Å². The maximum Gasteiger partial charge on any atom is 0.228 e. The number of aliphatic hydroxyl groups is 1. The zero-order valence-corrected chi connectivity index (χ0v) is 13.8. The number of hydrogen-bond donors (Lipinski definition) is 1. The van der Waals surface area contributed by atoms with Gasteiger partial charge in [0, 0.05) is 37.8 Å². The highest BCUT2D eigenvalue weighted by Gasteiger charge is 2.39. The number of carbonyl (C=O) groups excluding carboxylic acids is 1. The molecule has 1 amide bonds. The van der Waals surface area contributed by atoms with E-state index in [-0.39, 0.29) is 24.5 Å².